The first kappa shape index (κ1) is 17.2. The zero-order valence-electron chi connectivity index (χ0n) is 15.5. The molecule has 1 amide bonds. The third-order valence-corrected chi connectivity index (χ3v) is 4.53. The van der Waals surface area contributed by atoms with Gasteiger partial charge in [0.05, 0.1) is 22.7 Å². The van der Waals surface area contributed by atoms with E-state index >= 15 is 0 Å². The Morgan fingerprint density at radius 3 is 2.74 bits per heavy atom. The molecule has 2 heterocycles. The average Bonchev–Trinajstić information content (AvgIpc) is 3.37. The maximum absolute atomic E-state index is 12.7. The molecule has 0 bridgehead atoms. The van der Waals surface area contributed by atoms with Crippen molar-refractivity contribution < 1.29 is 4.79 Å². The molecule has 0 saturated heterocycles. The summed E-state index contributed by atoms with van der Waals surface area (Å²) < 4.78 is 1.95. The molecule has 27 heavy (non-hydrogen) atoms. The van der Waals surface area contributed by atoms with Crippen molar-refractivity contribution >= 4 is 22.8 Å². The van der Waals surface area contributed by atoms with E-state index in [1.165, 1.54) is 0 Å². The van der Waals surface area contributed by atoms with E-state index in [1.807, 2.05) is 10.7 Å². The number of nitrogens with zero attached hydrogens (tertiary/aromatic N) is 5. The smallest absolute Gasteiger partial charge is 0.278 e. The average molecular weight is 360 g/mol. The van der Waals surface area contributed by atoms with Gasteiger partial charge in [0, 0.05) is 23.2 Å². The second kappa shape index (κ2) is 6.16. The molecule has 0 unspecified atom stereocenters. The molecule has 2 aromatic heterocycles. The third-order valence-electron chi connectivity index (χ3n) is 4.53. The number of carbonyl (C=O) groups is 1. The molecule has 1 aliphatic rings. The van der Waals surface area contributed by atoms with Crippen molar-refractivity contribution in [3.63, 3.8) is 0 Å². The Hall–Kier alpha value is -3.27. The fraction of sp³-hybridized carbons (Fsp3) is 0.350. The van der Waals surface area contributed by atoms with Crippen molar-refractivity contribution in [3.8, 4) is 6.07 Å². The van der Waals surface area contributed by atoms with E-state index in [2.05, 4.69) is 47.2 Å². The number of hydrogen-bond acceptors (Lipinski definition) is 5. The van der Waals surface area contributed by atoms with Gasteiger partial charge >= 0.3 is 0 Å². The summed E-state index contributed by atoms with van der Waals surface area (Å²) in [7, 11) is 0. The van der Waals surface area contributed by atoms with E-state index in [4.69, 9.17) is 5.26 Å². The number of carbonyl (C=O) groups excluding carboxylic acids is 1. The van der Waals surface area contributed by atoms with Crippen molar-refractivity contribution in [2.24, 2.45) is 0 Å². The minimum Gasteiger partial charge on any atom is -0.289 e. The highest BCUT2D eigenvalue weighted by Gasteiger charge is 2.32. The van der Waals surface area contributed by atoms with Crippen LogP contribution in [-0.4, -0.2) is 25.7 Å². The van der Waals surface area contributed by atoms with Crippen LogP contribution in [0.5, 0.6) is 0 Å². The second-order valence-electron chi connectivity index (χ2n) is 7.84. The summed E-state index contributed by atoms with van der Waals surface area (Å²) in [6.07, 6.45) is 3.88. The van der Waals surface area contributed by atoms with Crippen molar-refractivity contribution in [1.29, 1.82) is 5.26 Å². The predicted octanol–water partition coefficient (Wildman–Crippen LogP) is 3.58. The van der Waals surface area contributed by atoms with Gasteiger partial charge in [0.1, 0.15) is 0 Å². The largest absolute Gasteiger partial charge is 0.289 e. The lowest BCUT2D eigenvalue weighted by Gasteiger charge is -2.22. The van der Waals surface area contributed by atoms with Crippen molar-refractivity contribution in [3.05, 3.63) is 47.4 Å². The fourth-order valence-electron chi connectivity index (χ4n) is 3.04. The minimum absolute atomic E-state index is 0.186. The van der Waals surface area contributed by atoms with Crippen LogP contribution in [0.2, 0.25) is 0 Å². The van der Waals surface area contributed by atoms with Crippen LogP contribution in [0, 0.1) is 11.3 Å². The Kier molecular flexibility index (Phi) is 3.92. The first-order valence-corrected chi connectivity index (χ1v) is 8.94. The van der Waals surface area contributed by atoms with Gasteiger partial charge in [-0.3, -0.25) is 14.8 Å². The molecule has 0 radical (unpaired) electrons. The molecular formula is C20H20N6O. The molecule has 1 fully saturated rings. The van der Waals surface area contributed by atoms with Crippen LogP contribution in [-0.2, 0) is 5.54 Å². The monoisotopic (exact) mass is 360 g/mol. The summed E-state index contributed by atoms with van der Waals surface area (Å²) >= 11 is 0. The highest BCUT2D eigenvalue weighted by atomic mass is 16.2. The molecule has 0 aliphatic heterocycles. The molecule has 1 N–H and O–H groups in total. The molecule has 7 nitrogen and oxygen atoms in total. The van der Waals surface area contributed by atoms with E-state index in [1.54, 1.807) is 24.4 Å². The predicted molar refractivity (Wildman–Crippen MR) is 101 cm³/mol. The van der Waals surface area contributed by atoms with Crippen molar-refractivity contribution in [1.82, 2.24) is 19.7 Å². The SMILES string of the molecule is CC(C)(C)n1nc(C(=O)Nc2ncc3cc(C#N)ccc3n2)cc1C1CC1. The topological polar surface area (TPSA) is 96.5 Å². The Labute approximate surface area is 157 Å². The number of anilines is 1. The van der Waals surface area contributed by atoms with Gasteiger partial charge in [-0.15, -0.1) is 0 Å². The van der Waals surface area contributed by atoms with Gasteiger partial charge in [0.25, 0.3) is 5.91 Å². The van der Waals surface area contributed by atoms with Crippen LogP contribution in [0.15, 0.2) is 30.5 Å². The summed E-state index contributed by atoms with van der Waals surface area (Å²) in [5.41, 5.74) is 2.50. The summed E-state index contributed by atoms with van der Waals surface area (Å²) in [6, 6.07) is 9.10. The van der Waals surface area contributed by atoms with Crippen LogP contribution in [0.3, 0.4) is 0 Å². The normalized spacial score (nSPS) is 14.1. The molecular weight excluding hydrogens is 340 g/mol. The van der Waals surface area contributed by atoms with Crippen LogP contribution < -0.4 is 5.32 Å². The number of hydrogen-bond donors (Lipinski definition) is 1. The number of fused-ring (bicyclic) bond motifs is 1. The van der Waals surface area contributed by atoms with Gasteiger partial charge in [0.2, 0.25) is 5.95 Å². The van der Waals surface area contributed by atoms with E-state index in [-0.39, 0.29) is 17.4 Å². The molecule has 4 rings (SSSR count). The van der Waals surface area contributed by atoms with Gasteiger partial charge in [0.15, 0.2) is 5.69 Å². The third kappa shape index (κ3) is 3.38. The van der Waals surface area contributed by atoms with Crippen molar-refractivity contribution in [2.45, 2.75) is 45.1 Å². The number of benzene rings is 1. The highest BCUT2D eigenvalue weighted by molar-refractivity contribution is 6.02. The lowest BCUT2D eigenvalue weighted by molar-refractivity contribution is 0.102. The van der Waals surface area contributed by atoms with Crippen LogP contribution >= 0.6 is 0 Å². The lowest BCUT2D eigenvalue weighted by atomic mass is 10.1. The van der Waals surface area contributed by atoms with E-state index in [9.17, 15) is 4.79 Å². The summed E-state index contributed by atoms with van der Waals surface area (Å²) in [6.45, 7) is 6.24. The van der Waals surface area contributed by atoms with Crippen LogP contribution in [0.1, 0.15) is 61.3 Å². The second-order valence-corrected chi connectivity index (χ2v) is 7.84. The number of nitriles is 1. The molecule has 0 spiro atoms. The number of nitrogens with one attached hydrogen (secondary N) is 1. The quantitative estimate of drug-likeness (QED) is 0.770. The molecule has 1 aliphatic carbocycles. The minimum atomic E-state index is -0.326. The molecule has 136 valence electrons. The fourth-order valence-corrected chi connectivity index (χ4v) is 3.04. The first-order valence-electron chi connectivity index (χ1n) is 8.94. The van der Waals surface area contributed by atoms with E-state index < -0.39 is 0 Å². The summed E-state index contributed by atoms with van der Waals surface area (Å²) in [5, 5.41) is 17.0. The van der Waals surface area contributed by atoms with Crippen LogP contribution in [0.4, 0.5) is 5.95 Å². The molecule has 3 aromatic rings. The van der Waals surface area contributed by atoms with Crippen LogP contribution in [0.25, 0.3) is 10.9 Å². The van der Waals surface area contributed by atoms with Gasteiger partial charge in [-0.05, 0) is 57.9 Å². The Balaban J connectivity index is 1.61. The maximum atomic E-state index is 12.7. The molecule has 1 saturated carbocycles. The molecule has 0 atom stereocenters. The Morgan fingerprint density at radius 2 is 2.07 bits per heavy atom. The van der Waals surface area contributed by atoms with E-state index in [0.717, 1.165) is 23.9 Å². The highest BCUT2D eigenvalue weighted by Crippen LogP contribution is 2.41. The maximum Gasteiger partial charge on any atom is 0.278 e. The summed E-state index contributed by atoms with van der Waals surface area (Å²) in [5.74, 6) is 0.382. The zero-order valence-corrected chi connectivity index (χ0v) is 15.5. The van der Waals surface area contributed by atoms with Crippen molar-refractivity contribution in [2.75, 3.05) is 5.32 Å². The zero-order chi connectivity index (χ0) is 19.2. The number of amides is 1. The Bertz CT molecular complexity index is 1080. The van der Waals surface area contributed by atoms with Gasteiger partial charge in [-0.1, -0.05) is 0 Å². The summed E-state index contributed by atoms with van der Waals surface area (Å²) in [4.78, 5) is 21.2. The number of aromatic nitrogens is 4. The molecule has 1 aromatic carbocycles. The standard InChI is InChI=1S/C20H20N6O/c1-20(2,3)26-17(13-5-6-13)9-16(25-26)18(27)24-19-22-11-14-8-12(10-21)4-7-15(14)23-19/h4,7-9,11,13H,5-6H2,1-3H3,(H,22,23,24,27). The van der Waals surface area contributed by atoms with Gasteiger partial charge < -0.3 is 0 Å². The van der Waals surface area contributed by atoms with Gasteiger partial charge in [-0.25, -0.2) is 9.97 Å². The lowest BCUT2D eigenvalue weighted by Crippen LogP contribution is -2.26. The molecule has 7 heteroatoms. The first-order chi connectivity index (χ1) is 12.8. The van der Waals surface area contributed by atoms with Gasteiger partial charge in [-0.2, -0.15) is 10.4 Å². The number of rotatable bonds is 3. The van der Waals surface area contributed by atoms with E-state index in [0.29, 0.717) is 22.7 Å². The Morgan fingerprint density at radius 1 is 1.30 bits per heavy atom.